The van der Waals surface area contributed by atoms with Crippen molar-refractivity contribution in [3.8, 4) is 5.75 Å². The maximum absolute atomic E-state index is 12.8. The quantitative estimate of drug-likeness (QED) is 0.353. The van der Waals surface area contributed by atoms with Gasteiger partial charge in [-0.3, -0.25) is 14.6 Å². The first kappa shape index (κ1) is 30.6. The van der Waals surface area contributed by atoms with Crippen molar-refractivity contribution in [1.82, 2.24) is 9.80 Å². The summed E-state index contributed by atoms with van der Waals surface area (Å²) < 4.78 is 31.7. The van der Waals surface area contributed by atoms with Crippen molar-refractivity contribution in [2.75, 3.05) is 31.5 Å². The molecule has 1 amide bonds. The van der Waals surface area contributed by atoms with E-state index in [0.29, 0.717) is 11.3 Å². The highest BCUT2D eigenvalue weighted by Gasteiger charge is 2.38. The standard InChI is InChI=1S/C28H33N3O2.C2HF3O2/c1-2-22-10-12-26(13-11-22)29-28(33)25-8-3-6-23(18-25)20-30-14-5-15-31(17-16-30)21-24-7-4-9-27(32)19-24;3-2(4,5)1(6)7/h3-4,6-13,18-19,32H,2,5,14-17,20-21H2,1H3,(H,29,33);(H,6,7). The molecule has 214 valence electrons. The monoisotopic (exact) mass is 557 g/mol. The highest BCUT2D eigenvalue weighted by Crippen LogP contribution is 2.17. The minimum Gasteiger partial charge on any atom is -0.508 e. The van der Waals surface area contributed by atoms with E-state index in [1.54, 1.807) is 6.07 Å². The number of aromatic hydroxyl groups is 1. The molecule has 3 aromatic carbocycles. The van der Waals surface area contributed by atoms with Crippen LogP contribution in [0.4, 0.5) is 18.9 Å². The van der Waals surface area contributed by atoms with Gasteiger partial charge in [-0.1, -0.05) is 43.3 Å². The molecular formula is C30H34F3N3O4. The Labute approximate surface area is 231 Å². The Morgan fingerprint density at radius 2 is 1.38 bits per heavy atom. The molecule has 0 aliphatic carbocycles. The van der Waals surface area contributed by atoms with Crippen molar-refractivity contribution in [3.05, 3.63) is 95.1 Å². The summed E-state index contributed by atoms with van der Waals surface area (Å²) >= 11 is 0. The number of phenolic OH excluding ortho intramolecular Hbond substituents is 1. The number of carboxylic acid groups (broad SMARTS) is 1. The number of halogens is 3. The number of rotatable bonds is 7. The number of aliphatic carboxylic acids is 1. The Morgan fingerprint density at radius 3 is 1.90 bits per heavy atom. The van der Waals surface area contributed by atoms with E-state index in [1.165, 1.54) is 5.56 Å². The first-order valence-corrected chi connectivity index (χ1v) is 13.1. The third-order valence-corrected chi connectivity index (χ3v) is 6.46. The number of carbonyl (C=O) groups is 2. The fraction of sp³-hybridized carbons (Fsp3) is 0.333. The predicted octanol–water partition coefficient (Wildman–Crippen LogP) is 5.55. The average Bonchev–Trinajstić information content (AvgIpc) is 3.14. The molecule has 0 bridgehead atoms. The number of hydrogen-bond donors (Lipinski definition) is 3. The van der Waals surface area contributed by atoms with Crippen LogP contribution in [0.3, 0.4) is 0 Å². The normalized spacial score (nSPS) is 14.5. The minimum atomic E-state index is -5.08. The van der Waals surface area contributed by atoms with Crippen LogP contribution in [0.5, 0.6) is 5.75 Å². The van der Waals surface area contributed by atoms with Gasteiger partial charge in [0.1, 0.15) is 5.75 Å². The third-order valence-electron chi connectivity index (χ3n) is 6.46. The van der Waals surface area contributed by atoms with Gasteiger partial charge < -0.3 is 15.5 Å². The molecule has 0 radical (unpaired) electrons. The molecule has 3 aromatic rings. The molecule has 0 saturated carbocycles. The lowest BCUT2D eigenvalue weighted by molar-refractivity contribution is -0.192. The molecule has 3 N–H and O–H groups in total. The summed E-state index contributed by atoms with van der Waals surface area (Å²) in [6.45, 7) is 7.88. The van der Waals surface area contributed by atoms with Gasteiger partial charge in [0.05, 0.1) is 0 Å². The van der Waals surface area contributed by atoms with Crippen LogP contribution in [0.2, 0.25) is 0 Å². The average molecular weight is 558 g/mol. The molecule has 1 aliphatic rings. The van der Waals surface area contributed by atoms with Crippen LogP contribution in [-0.2, 0) is 24.3 Å². The van der Waals surface area contributed by atoms with E-state index >= 15 is 0 Å². The van der Waals surface area contributed by atoms with E-state index in [4.69, 9.17) is 9.90 Å². The number of phenols is 1. The Balaban J connectivity index is 0.000000559. The van der Waals surface area contributed by atoms with Gasteiger partial charge in [0.15, 0.2) is 0 Å². The number of aryl methyl sites for hydroxylation is 1. The number of anilines is 1. The number of benzene rings is 3. The Morgan fingerprint density at radius 1 is 0.825 bits per heavy atom. The Kier molecular flexibility index (Phi) is 11.1. The number of alkyl halides is 3. The van der Waals surface area contributed by atoms with Gasteiger partial charge in [-0.05, 0) is 79.0 Å². The SMILES string of the molecule is CCc1ccc(NC(=O)c2cccc(CN3CCCN(Cc4cccc(O)c4)CC3)c2)cc1.O=C(O)C(F)(F)F. The van der Waals surface area contributed by atoms with Gasteiger partial charge in [-0.2, -0.15) is 13.2 Å². The van der Waals surface area contributed by atoms with Gasteiger partial charge >= 0.3 is 12.1 Å². The number of carbonyl (C=O) groups excluding carboxylic acids is 1. The van der Waals surface area contributed by atoms with Crippen LogP contribution >= 0.6 is 0 Å². The van der Waals surface area contributed by atoms with Crippen LogP contribution in [0, 0.1) is 0 Å². The lowest BCUT2D eigenvalue weighted by Crippen LogP contribution is -2.30. The van der Waals surface area contributed by atoms with Gasteiger partial charge in [0.25, 0.3) is 5.91 Å². The number of amides is 1. The predicted molar refractivity (Wildman–Crippen MR) is 147 cm³/mol. The van der Waals surface area contributed by atoms with E-state index < -0.39 is 12.1 Å². The molecule has 1 fully saturated rings. The van der Waals surface area contributed by atoms with Crippen LogP contribution in [0.15, 0.2) is 72.8 Å². The van der Waals surface area contributed by atoms with Crippen molar-refractivity contribution >= 4 is 17.6 Å². The van der Waals surface area contributed by atoms with Gasteiger partial charge in [-0.15, -0.1) is 0 Å². The Hall–Kier alpha value is -3.89. The molecule has 0 unspecified atom stereocenters. The van der Waals surface area contributed by atoms with Gasteiger partial charge in [-0.25, -0.2) is 4.79 Å². The summed E-state index contributed by atoms with van der Waals surface area (Å²) in [5.74, 6) is -2.51. The number of nitrogens with zero attached hydrogens (tertiary/aromatic N) is 2. The molecular weight excluding hydrogens is 523 g/mol. The zero-order valence-electron chi connectivity index (χ0n) is 22.3. The minimum absolute atomic E-state index is 0.0748. The van der Waals surface area contributed by atoms with Crippen molar-refractivity contribution in [2.45, 2.75) is 39.0 Å². The second kappa shape index (κ2) is 14.5. The summed E-state index contributed by atoms with van der Waals surface area (Å²) in [4.78, 5) is 26.6. The van der Waals surface area contributed by atoms with E-state index in [2.05, 4.69) is 46.3 Å². The number of hydrogen-bond acceptors (Lipinski definition) is 5. The fourth-order valence-electron chi connectivity index (χ4n) is 4.35. The molecule has 0 atom stereocenters. The fourth-order valence-corrected chi connectivity index (χ4v) is 4.35. The van der Waals surface area contributed by atoms with E-state index in [9.17, 15) is 23.1 Å². The largest absolute Gasteiger partial charge is 0.508 e. The summed E-state index contributed by atoms with van der Waals surface area (Å²) in [7, 11) is 0. The molecule has 7 nitrogen and oxygen atoms in total. The second-order valence-electron chi connectivity index (χ2n) is 9.58. The summed E-state index contributed by atoms with van der Waals surface area (Å²) in [6.07, 6.45) is -2.99. The van der Waals surface area contributed by atoms with E-state index in [0.717, 1.165) is 68.9 Å². The first-order valence-electron chi connectivity index (χ1n) is 13.1. The van der Waals surface area contributed by atoms with Crippen LogP contribution < -0.4 is 5.32 Å². The molecule has 1 heterocycles. The maximum atomic E-state index is 12.8. The van der Waals surface area contributed by atoms with Gasteiger partial charge in [0.2, 0.25) is 0 Å². The summed E-state index contributed by atoms with van der Waals surface area (Å²) in [5.41, 5.74) is 5.07. The topological polar surface area (TPSA) is 93.1 Å². The molecule has 1 aliphatic heterocycles. The van der Waals surface area contributed by atoms with Crippen LogP contribution in [-0.4, -0.2) is 64.2 Å². The molecule has 0 aromatic heterocycles. The maximum Gasteiger partial charge on any atom is 0.490 e. The molecule has 1 saturated heterocycles. The number of carboxylic acids is 1. The van der Waals surface area contributed by atoms with E-state index in [1.807, 2.05) is 42.5 Å². The first-order chi connectivity index (χ1) is 19.0. The Bertz CT molecular complexity index is 1270. The summed E-state index contributed by atoms with van der Waals surface area (Å²) in [6, 6.07) is 23.5. The molecule has 4 rings (SSSR count). The van der Waals surface area contributed by atoms with Crippen molar-refractivity contribution in [1.29, 1.82) is 0 Å². The third kappa shape index (κ3) is 10.0. The molecule has 40 heavy (non-hydrogen) atoms. The smallest absolute Gasteiger partial charge is 0.490 e. The van der Waals surface area contributed by atoms with Crippen LogP contribution in [0.25, 0.3) is 0 Å². The van der Waals surface area contributed by atoms with Crippen molar-refractivity contribution < 1.29 is 33.0 Å². The zero-order valence-corrected chi connectivity index (χ0v) is 22.3. The second-order valence-corrected chi connectivity index (χ2v) is 9.58. The molecule has 10 heteroatoms. The van der Waals surface area contributed by atoms with Crippen molar-refractivity contribution in [2.24, 2.45) is 0 Å². The van der Waals surface area contributed by atoms with Crippen molar-refractivity contribution in [3.63, 3.8) is 0 Å². The summed E-state index contributed by atoms with van der Waals surface area (Å²) in [5, 5.41) is 19.8. The number of nitrogens with one attached hydrogen (secondary N) is 1. The highest BCUT2D eigenvalue weighted by atomic mass is 19.4. The van der Waals surface area contributed by atoms with Gasteiger partial charge in [0, 0.05) is 37.4 Å². The zero-order chi connectivity index (χ0) is 29.1. The lowest BCUT2D eigenvalue weighted by atomic mass is 10.1. The highest BCUT2D eigenvalue weighted by molar-refractivity contribution is 6.04. The lowest BCUT2D eigenvalue weighted by Gasteiger charge is -2.22. The molecule has 0 spiro atoms. The van der Waals surface area contributed by atoms with E-state index in [-0.39, 0.29) is 5.91 Å². The van der Waals surface area contributed by atoms with Crippen LogP contribution in [0.1, 0.15) is 40.4 Å².